The highest BCUT2D eigenvalue weighted by Crippen LogP contribution is 2.17. The number of carboxylic acids is 1. The second-order valence-corrected chi connectivity index (χ2v) is 3.11. The van der Waals surface area contributed by atoms with Gasteiger partial charge in [0.1, 0.15) is 6.20 Å². The maximum absolute atomic E-state index is 11.4. The van der Waals surface area contributed by atoms with Gasteiger partial charge in [0.15, 0.2) is 0 Å². The van der Waals surface area contributed by atoms with Gasteiger partial charge < -0.3 is 10.1 Å². The molecule has 2 aromatic rings. The predicted octanol–water partition coefficient (Wildman–Crippen LogP) is -0.438. The molecule has 0 aromatic carbocycles. The lowest BCUT2D eigenvalue weighted by atomic mass is 10.4. The Morgan fingerprint density at radius 2 is 2.28 bits per heavy atom. The van der Waals surface area contributed by atoms with E-state index in [4.69, 9.17) is 5.11 Å². The van der Waals surface area contributed by atoms with Crippen LogP contribution >= 0.6 is 0 Å². The van der Waals surface area contributed by atoms with Crippen LogP contribution in [0.5, 0.6) is 0 Å². The molecule has 0 amide bonds. The van der Waals surface area contributed by atoms with E-state index < -0.39 is 27.8 Å². The van der Waals surface area contributed by atoms with E-state index in [1.54, 1.807) is 0 Å². The van der Waals surface area contributed by atoms with E-state index in [0.29, 0.717) is 0 Å². The van der Waals surface area contributed by atoms with Gasteiger partial charge in [-0.2, -0.15) is 5.10 Å². The summed E-state index contributed by atoms with van der Waals surface area (Å²) in [7, 11) is 0. The van der Waals surface area contributed by atoms with Crippen LogP contribution in [0.1, 0.15) is 10.5 Å². The zero-order valence-corrected chi connectivity index (χ0v) is 8.60. The first-order valence-corrected chi connectivity index (χ1v) is 4.52. The average Bonchev–Trinajstić information content (AvgIpc) is 2.74. The number of hydrogen-bond acceptors (Lipinski definition) is 6. The van der Waals surface area contributed by atoms with Crippen molar-refractivity contribution in [3.05, 3.63) is 44.8 Å². The Morgan fingerprint density at radius 3 is 2.78 bits per heavy atom. The van der Waals surface area contributed by atoms with Gasteiger partial charge in [-0.25, -0.2) is 14.5 Å². The summed E-state index contributed by atoms with van der Waals surface area (Å²) in [5, 5.41) is 22.9. The summed E-state index contributed by atoms with van der Waals surface area (Å²) in [6, 6.07) is 0. The first-order chi connectivity index (χ1) is 8.50. The van der Waals surface area contributed by atoms with E-state index in [0.717, 1.165) is 10.9 Å². The number of aromatic nitrogens is 4. The standard InChI is InChI=1S/C8H5N5O5/c14-7-6(9-1-2-10-7)12-3-4(13(17)18)5(11-12)8(15)16/h1-3H,(H,10,14)(H,15,16). The van der Waals surface area contributed by atoms with E-state index in [2.05, 4.69) is 15.1 Å². The summed E-state index contributed by atoms with van der Waals surface area (Å²) in [5.74, 6) is -1.82. The number of carbonyl (C=O) groups is 1. The number of carboxylic acid groups (broad SMARTS) is 1. The minimum Gasteiger partial charge on any atom is -0.476 e. The maximum atomic E-state index is 11.4. The van der Waals surface area contributed by atoms with Crippen molar-refractivity contribution in [1.82, 2.24) is 19.7 Å². The van der Waals surface area contributed by atoms with Crippen LogP contribution < -0.4 is 5.56 Å². The van der Waals surface area contributed by atoms with Crippen LogP contribution in [0, 0.1) is 10.1 Å². The second-order valence-electron chi connectivity index (χ2n) is 3.11. The van der Waals surface area contributed by atoms with Crippen molar-refractivity contribution in [1.29, 1.82) is 0 Å². The number of nitrogens with one attached hydrogen (secondary N) is 1. The number of aromatic carboxylic acids is 1. The third-order valence-corrected chi connectivity index (χ3v) is 2.00. The van der Waals surface area contributed by atoms with Crippen molar-refractivity contribution >= 4 is 11.7 Å². The van der Waals surface area contributed by atoms with Crippen LogP contribution in [0.15, 0.2) is 23.4 Å². The fourth-order valence-electron chi connectivity index (χ4n) is 1.27. The van der Waals surface area contributed by atoms with Crippen LogP contribution in [0.3, 0.4) is 0 Å². The van der Waals surface area contributed by atoms with Gasteiger partial charge >= 0.3 is 11.7 Å². The zero-order chi connectivity index (χ0) is 13.3. The molecule has 0 bridgehead atoms. The third kappa shape index (κ3) is 1.81. The first kappa shape index (κ1) is 11.4. The van der Waals surface area contributed by atoms with Crippen molar-refractivity contribution in [3.63, 3.8) is 0 Å². The lowest BCUT2D eigenvalue weighted by Crippen LogP contribution is -2.16. The zero-order valence-electron chi connectivity index (χ0n) is 8.60. The molecule has 92 valence electrons. The molecule has 0 aliphatic rings. The van der Waals surface area contributed by atoms with Crippen molar-refractivity contribution in [2.75, 3.05) is 0 Å². The molecule has 0 spiro atoms. The third-order valence-electron chi connectivity index (χ3n) is 2.00. The fraction of sp³-hybridized carbons (Fsp3) is 0. The molecule has 0 fully saturated rings. The highest BCUT2D eigenvalue weighted by Gasteiger charge is 2.26. The van der Waals surface area contributed by atoms with Gasteiger partial charge in [-0.05, 0) is 0 Å². The van der Waals surface area contributed by atoms with Gasteiger partial charge in [-0.3, -0.25) is 14.9 Å². The van der Waals surface area contributed by atoms with Crippen molar-refractivity contribution in [3.8, 4) is 5.82 Å². The molecule has 0 radical (unpaired) electrons. The average molecular weight is 251 g/mol. The van der Waals surface area contributed by atoms with Crippen LogP contribution in [0.4, 0.5) is 5.69 Å². The summed E-state index contributed by atoms with van der Waals surface area (Å²) in [5.41, 5.74) is -2.12. The summed E-state index contributed by atoms with van der Waals surface area (Å²) in [6.07, 6.45) is 3.33. The van der Waals surface area contributed by atoms with Gasteiger partial charge in [0.2, 0.25) is 11.5 Å². The van der Waals surface area contributed by atoms with Crippen molar-refractivity contribution < 1.29 is 14.8 Å². The smallest absolute Gasteiger partial charge is 0.363 e. The lowest BCUT2D eigenvalue weighted by Gasteiger charge is -1.95. The Balaban J connectivity index is 2.65. The van der Waals surface area contributed by atoms with Crippen LogP contribution in [-0.2, 0) is 0 Å². The molecule has 0 saturated heterocycles. The van der Waals surface area contributed by atoms with Crippen molar-refractivity contribution in [2.24, 2.45) is 0 Å². The lowest BCUT2D eigenvalue weighted by molar-refractivity contribution is -0.385. The second kappa shape index (κ2) is 4.08. The normalized spacial score (nSPS) is 10.2. The van der Waals surface area contributed by atoms with Crippen molar-refractivity contribution in [2.45, 2.75) is 0 Å². The summed E-state index contributed by atoms with van der Waals surface area (Å²) in [6.45, 7) is 0. The van der Waals surface area contributed by atoms with Crippen LogP contribution in [-0.4, -0.2) is 35.7 Å². The molecule has 2 aromatic heterocycles. The predicted molar refractivity (Wildman–Crippen MR) is 55.6 cm³/mol. The monoisotopic (exact) mass is 251 g/mol. The largest absolute Gasteiger partial charge is 0.476 e. The highest BCUT2D eigenvalue weighted by molar-refractivity contribution is 5.89. The Hall–Kier alpha value is -3.04. The molecule has 18 heavy (non-hydrogen) atoms. The molecule has 0 aliphatic carbocycles. The van der Waals surface area contributed by atoms with Gasteiger partial charge in [0.05, 0.1) is 4.92 Å². The van der Waals surface area contributed by atoms with Gasteiger partial charge in [0.25, 0.3) is 5.56 Å². The number of hydrogen-bond donors (Lipinski definition) is 2. The summed E-state index contributed by atoms with van der Waals surface area (Å²) < 4.78 is 0.750. The van der Waals surface area contributed by atoms with Gasteiger partial charge in [-0.1, -0.05) is 0 Å². The molecule has 2 N–H and O–H groups in total. The molecular formula is C8H5N5O5. The fourth-order valence-corrected chi connectivity index (χ4v) is 1.27. The van der Waals surface area contributed by atoms with Gasteiger partial charge in [0, 0.05) is 12.4 Å². The minimum absolute atomic E-state index is 0.256. The Labute approximate surface area is 97.7 Å². The molecule has 0 saturated carbocycles. The molecule has 2 heterocycles. The maximum Gasteiger partial charge on any atom is 0.363 e. The number of rotatable bonds is 3. The van der Waals surface area contributed by atoms with E-state index >= 15 is 0 Å². The number of nitrogens with zero attached hydrogens (tertiary/aromatic N) is 4. The molecule has 10 nitrogen and oxygen atoms in total. The van der Waals surface area contributed by atoms with Crippen LogP contribution in [0.25, 0.3) is 5.82 Å². The molecule has 10 heteroatoms. The molecule has 0 aliphatic heterocycles. The van der Waals surface area contributed by atoms with Crippen LogP contribution in [0.2, 0.25) is 0 Å². The molecule has 2 rings (SSSR count). The Kier molecular flexibility index (Phi) is 2.60. The van der Waals surface area contributed by atoms with E-state index in [1.807, 2.05) is 0 Å². The minimum atomic E-state index is -1.56. The van der Waals surface area contributed by atoms with E-state index in [-0.39, 0.29) is 5.82 Å². The van der Waals surface area contributed by atoms with Gasteiger partial charge in [-0.15, -0.1) is 0 Å². The highest BCUT2D eigenvalue weighted by atomic mass is 16.6. The number of H-pyrrole nitrogens is 1. The first-order valence-electron chi connectivity index (χ1n) is 4.52. The topological polar surface area (TPSA) is 144 Å². The Morgan fingerprint density at radius 1 is 1.56 bits per heavy atom. The molecular weight excluding hydrogens is 246 g/mol. The Bertz CT molecular complexity index is 656. The van der Waals surface area contributed by atoms with E-state index in [9.17, 15) is 19.7 Å². The summed E-state index contributed by atoms with van der Waals surface area (Å²) in [4.78, 5) is 37.8. The molecule has 0 unspecified atom stereocenters. The van der Waals surface area contributed by atoms with E-state index in [1.165, 1.54) is 12.4 Å². The molecule has 0 atom stereocenters. The quantitative estimate of drug-likeness (QED) is 0.555. The number of aromatic amines is 1. The number of nitro groups is 1. The summed E-state index contributed by atoms with van der Waals surface area (Å²) >= 11 is 0. The SMILES string of the molecule is O=C(O)c1nn(-c2ncc[nH]c2=O)cc1[N+](=O)[O-].